The standard InChI is InChI=1S/C11H22N2O3/c1-2-16-8-5-12-11(15)9-13-6-3-10(14)4-7-13/h10,14H,2-9H2,1H3,(H,12,15). The number of nitrogens with one attached hydrogen (secondary N) is 1. The molecule has 1 fully saturated rings. The summed E-state index contributed by atoms with van der Waals surface area (Å²) in [5, 5.41) is 12.1. The third-order valence-electron chi connectivity index (χ3n) is 2.70. The molecule has 0 aromatic carbocycles. The molecule has 0 atom stereocenters. The highest BCUT2D eigenvalue weighted by Gasteiger charge is 2.18. The molecule has 0 aromatic heterocycles. The fourth-order valence-corrected chi connectivity index (χ4v) is 1.74. The molecule has 5 nitrogen and oxygen atoms in total. The predicted molar refractivity (Wildman–Crippen MR) is 61.2 cm³/mol. The number of aliphatic hydroxyl groups excluding tert-OH is 1. The van der Waals surface area contributed by atoms with E-state index in [1.54, 1.807) is 0 Å². The first kappa shape index (κ1) is 13.4. The average Bonchev–Trinajstić information content (AvgIpc) is 2.28. The van der Waals surface area contributed by atoms with Crippen molar-refractivity contribution >= 4 is 5.91 Å². The number of rotatable bonds is 6. The molecule has 1 saturated heterocycles. The van der Waals surface area contributed by atoms with E-state index in [-0.39, 0.29) is 12.0 Å². The smallest absolute Gasteiger partial charge is 0.234 e. The monoisotopic (exact) mass is 230 g/mol. The van der Waals surface area contributed by atoms with E-state index in [0.29, 0.717) is 26.3 Å². The van der Waals surface area contributed by atoms with Crippen molar-refractivity contribution in [2.24, 2.45) is 0 Å². The molecule has 1 rings (SSSR count). The van der Waals surface area contributed by atoms with Gasteiger partial charge in [0.05, 0.1) is 19.3 Å². The minimum absolute atomic E-state index is 0.0380. The molecule has 1 amide bonds. The number of aliphatic hydroxyl groups is 1. The maximum absolute atomic E-state index is 11.5. The number of amides is 1. The number of ether oxygens (including phenoxy) is 1. The Hall–Kier alpha value is -0.650. The van der Waals surface area contributed by atoms with Gasteiger partial charge in [0.1, 0.15) is 0 Å². The summed E-state index contributed by atoms with van der Waals surface area (Å²) in [6, 6.07) is 0. The van der Waals surface area contributed by atoms with Crippen LogP contribution in [0.5, 0.6) is 0 Å². The fraction of sp³-hybridized carbons (Fsp3) is 0.909. The lowest BCUT2D eigenvalue weighted by Crippen LogP contribution is -2.43. The van der Waals surface area contributed by atoms with Gasteiger partial charge in [-0.1, -0.05) is 0 Å². The molecule has 5 heteroatoms. The van der Waals surface area contributed by atoms with Crippen molar-refractivity contribution in [3.63, 3.8) is 0 Å². The minimum atomic E-state index is -0.183. The molecule has 2 N–H and O–H groups in total. The van der Waals surface area contributed by atoms with Gasteiger partial charge in [0.25, 0.3) is 0 Å². The highest BCUT2D eigenvalue weighted by Crippen LogP contribution is 2.08. The van der Waals surface area contributed by atoms with E-state index in [0.717, 1.165) is 25.9 Å². The van der Waals surface area contributed by atoms with Crippen molar-refractivity contribution < 1.29 is 14.6 Å². The van der Waals surface area contributed by atoms with Crippen LogP contribution in [0.2, 0.25) is 0 Å². The van der Waals surface area contributed by atoms with Gasteiger partial charge in [-0.15, -0.1) is 0 Å². The number of carbonyl (C=O) groups is 1. The second-order valence-electron chi connectivity index (χ2n) is 4.05. The van der Waals surface area contributed by atoms with Gasteiger partial charge >= 0.3 is 0 Å². The number of carbonyl (C=O) groups excluding carboxylic acids is 1. The van der Waals surface area contributed by atoms with Crippen LogP contribution in [0, 0.1) is 0 Å². The highest BCUT2D eigenvalue weighted by atomic mass is 16.5. The number of piperidine rings is 1. The van der Waals surface area contributed by atoms with Crippen LogP contribution in [-0.2, 0) is 9.53 Å². The van der Waals surface area contributed by atoms with Gasteiger partial charge in [0.2, 0.25) is 5.91 Å². The highest BCUT2D eigenvalue weighted by molar-refractivity contribution is 5.77. The summed E-state index contributed by atoms with van der Waals surface area (Å²) in [7, 11) is 0. The molecule has 1 aliphatic rings. The largest absolute Gasteiger partial charge is 0.393 e. The first-order chi connectivity index (χ1) is 7.72. The summed E-state index contributed by atoms with van der Waals surface area (Å²) in [5.41, 5.74) is 0. The Morgan fingerprint density at radius 1 is 1.50 bits per heavy atom. The van der Waals surface area contributed by atoms with E-state index >= 15 is 0 Å². The molecule has 0 aliphatic carbocycles. The van der Waals surface area contributed by atoms with Crippen LogP contribution in [0.15, 0.2) is 0 Å². The van der Waals surface area contributed by atoms with Gasteiger partial charge in [-0.05, 0) is 19.8 Å². The van der Waals surface area contributed by atoms with E-state index in [2.05, 4.69) is 10.2 Å². The zero-order chi connectivity index (χ0) is 11.8. The van der Waals surface area contributed by atoms with E-state index < -0.39 is 0 Å². The molecule has 1 heterocycles. The molecule has 0 spiro atoms. The second kappa shape index (κ2) is 7.60. The number of hydrogen-bond donors (Lipinski definition) is 2. The summed E-state index contributed by atoms with van der Waals surface area (Å²) in [5.74, 6) is 0.0380. The summed E-state index contributed by atoms with van der Waals surface area (Å²) in [6.45, 7) is 5.80. The maximum Gasteiger partial charge on any atom is 0.234 e. The molecule has 1 aliphatic heterocycles. The molecule has 16 heavy (non-hydrogen) atoms. The lowest BCUT2D eigenvalue weighted by Gasteiger charge is -2.28. The summed E-state index contributed by atoms with van der Waals surface area (Å²) in [6.07, 6.45) is 1.36. The number of hydrogen-bond acceptors (Lipinski definition) is 4. The fourth-order valence-electron chi connectivity index (χ4n) is 1.74. The molecule has 0 bridgehead atoms. The predicted octanol–water partition coefficient (Wildman–Crippen LogP) is -0.404. The van der Waals surface area contributed by atoms with Crippen LogP contribution in [0.4, 0.5) is 0 Å². The summed E-state index contributed by atoms with van der Waals surface area (Å²) in [4.78, 5) is 13.6. The van der Waals surface area contributed by atoms with Crippen molar-refractivity contribution in [2.75, 3.05) is 39.4 Å². The van der Waals surface area contributed by atoms with E-state index in [4.69, 9.17) is 4.74 Å². The van der Waals surface area contributed by atoms with Gasteiger partial charge < -0.3 is 15.2 Å². The Balaban J connectivity index is 2.05. The van der Waals surface area contributed by atoms with Gasteiger partial charge in [-0.25, -0.2) is 0 Å². The second-order valence-corrected chi connectivity index (χ2v) is 4.05. The summed E-state index contributed by atoms with van der Waals surface area (Å²) < 4.78 is 5.13. The third kappa shape index (κ3) is 5.44. The number of likely N-dealkylation sites (tertiary alicyclic amines) is 1. The first-order valence-electron chi connectivity index (χ1n) is 5.97. The molecular formula is C11H22N2O3. The molecular weight excluding hydrogens is 208 g/mol. The van der Waals surface area contributed by atoms with Crippen LogP contribution in [-0.4, -0.2) is 61.4 Å². The van der Waals surface area contributed by atoms with Crippen LogP contribution in [0.1, 0.15) is 19.8 Å². The van der Waals surface area contributed by atoms with Crippen LogP contribution < -0.4 is 5.32 Å². The van der Waals surface area contributed by atoms with Crippen molar-refractivity contribution in [2.45, 2.75) is 25.9 Å². The SMILES string of the molecule is CCOCCNC(=O)CN1CCC(O)CC1. The van der Waals surface area contributed by atoms with Crippen molar-refractivity contribution in [3.8, 4) is 0 Å². The third-order valence-corrected chi connectivity index (χ3v) is 2.70. The molecule has 0 saturated carbocycles. The topological polar surface area (TPSA) is 61.8 Å². The minimum Gasteiger partial charge on any atom is -0.393 e. The van der Waals surface area contributed by atoms with Gasteiger partial charge in [-0.2, -0.15) is 0 Å². The van der Waals surface area contributed by atoms with Crippen molar-refractivity contribution in [1.29, 1.82) is 0 Å². The van der Waals surface area contributed by atoms with Gasteiger partial charge in [0, 0.05) is 26.2 Å². The molecule has 94 valence electrons. The van der Waals surface area contributed by atoms with Crippen molar-refractivity contribution in [3.05, 3.63) is 0 Å². The number of nitrogens with zero attached hydrogens (tertiary/aromatic N) is 1. The quantitative estimate of drug-likeness (QED) is 0.609. The molecule has 0 unspecified atom stereocenters. The van der Waals surface area contributed by atoms with E-state index in [1.165, 1.54) is 0 Å². The Morgan fingerprint density at radius 3 is 2.81 bits per heavy atom. The van der Waals surface area contributed by atoms with Crippen LogP contribution in [0.25, 0.3) is 0 Å². The summed E-state index contributed by atoms with van der Waals surface area (Å²) >= 11 is 0. The zero-order valence-corrected chi connectivity index (χ0v) is 9.95. The normalized spacial score (nSPS) is 18.6. The Morgan fingerprint density at radius 2 is 2.19 bits per heavy atom. The van der Waals surface area contributed by atoms with Crippen LogP contribution in [0.3, 0.4) is 0 Å². The first-order valence-corrected chi connectivity index (χ1v) is 5.97. The Bertz CT molecular complexity index is 203. The lowest BCUT2D eigenvalue weighted by molar-refractivity contribution is -0.123. The Kier molecular flexibility index (Phi) is 6.37. The van der Waals surface area contributed by atoms with Crippen molar-refractivity contribution in [1.82, 2.24) is 10.2 Å². The molecule has 0 aromatic rings. The average molecular weight is 230 g/mol. The van der Waals surface area contributed by atoms with E-state index in [1.807, 2.05) is 6.92 Å². The zero-order valence-electron chi connectivity index (χ0n) is 9.95. The van der Waals surface area contributed by atoms with E-state index in [9.17, 15) is 9.90 Å². The van der Waals surface area contributed by atoms with Gasteiger partial charge in [0.15, 0.2) is 0 Å². The van der Waals surface area contributed by atoms with Gasteiger partial charge in [-0.3, -0.25) is 9.69 Å². The molecule has 0 radical (unpaired) electrons. The maximum atomic E-state index is 11.5. The Labute approximate surface area is 96.8 Å². The van der Waals surface area contributed by atoms with Crippen LogP contribution >= 0.6 is 0 Å². The lowest BCUT2D eigenvalue weighted by atomic mass is 10.1.